The van der Waals surface area contributed by atoms with Crippen LogP contribution in [0.4, 0.5) is 4.39 Å². The van der Waals surface area contributed by atoms with Crippen molar-refractivity contribution < 1.29 is 9.18 Å². The fourth-order valence-electron chi connectivity index (χ4n) is 2.92. The smallest absolute Gasteiger partial charge is 0.230 e. The first-order valence-electron chi connectivity index (χ1n) is 7.68. The van der Waals surface area contributed by atoms with Crippen molar-refractivity contribution in [2.24, 2.45) is 11.8 Å². The fourth-order valence-corrected chi connectivity index (χ4v) is 3.71. The lowest BCUT2D eigenvalue weighted by Crippen LogP contribution is -2.44. The third-order valence-corrected chi connectivity index (χ3v) is 5.45. The van der Waals surface area contributed by atoms with E-state index in [1.165, 1.54) is 36.7 Å². The van der Waals surface area contributed by atoms with Gasteiger partial charge in [-0.3, -0.25) is 4.79 Å². The topological polar surface area (TPSA) is 29.1 Å². The van der Waals surface area contributed by atoms with Crippen molar-refractivity contribution in [2.75, 3.05) is 5.75 Å². The van der Waals surface area contributed by atoms with Gasteiger partial charge >= 0.3 is 0 Å². The van der Waals surface area contributed by atoms with Crippen molar-refractivity contribution in [3.05, 3.63) is 35.6 Å². The van der Waals surface area contributed by atoms with Crippen LogP contribution in [0.2, 0.25) is 0 Å². The monoisotopic (exact) mass is 309 g/mol. The standard InChI is InChI=1S/C17H24FNOS/c1-12-5-3-8-16(13(12)2)19-17(20)11-21-10-14-6-4-7-15(18)9-14/h4,6-7,9,12-13,16H,3,5,8,10-11H2,1-2H3,(H,19,20). The minimum Gasteiger partial charge on any atom is -0.352 e. The van der Waals surface area contributed by atoms with Crippen LogP contribution in [0.5, 0.6) is 0 Å². The Morgan fingerprint density at radius 2 is 2.19 bits per heavy atom. The molecule has 0 aliphatic heterocycles. The van der Waals surface area contributed by atoms with Crippen molar-refractivity contribution in [1.29, 1.82) is 0 Å². The van der Waals surface area contributed by atoms with Crippen LogP contribution in [-0.4, -0.2) is 17.7 Å². The molecule has 1 fully saturated rings. The van der Waals surface area contributed by atoms with Gasteiger partial charge in [-0.2, -0.15) is 0 Å². The molecule has 0 heterocycles. The zero-order valence-electron chi connectivity index (χ0n) is 12.8. The van der Waals surface area contributed by atoms with E-state index in [4.69, 9.17) is 0 Å². The number of halogens is 1. The number of amides is 1. The molecule has 3 unspecified atom stereocenters. The van der Waals surface area contributed by atoms with E-state index in [2.05, 4.69) is 19.2 Å². The van der Waals surface area contributed by atoms with Crippen molar-refractivity contribution in [3.8, 4) is 0 Å². The first-order valence-corrected chi connectivity index (χ1v) is 8.83. The highest BCUT2D eigenvalue weighted by Crippen LogP contribution is 2.29. The van der Waals surface area contributed by atoms with Gasteiger partial charge in [-0.1, -0.05) is 38.8 Å². The zero-order chi connectivity index (χ0) is 15.2. The van der Waals surface area contributed by atoms with E-state index >= 15 is 0 Å². The Hall–Kier alpha value is -1.03. The molecule has 1 N–H and O–H groups in total. The van der Waals surface area contributed by atoms with Crippen LogP contribution >= 0.6 is 11.8 Å². The Morgan fingerprint density at radius 3 is 2.95 bits per heavy atom. The van der Waals surface area contributed by atoms with Crippen LogP contribution in [0.1, 0.15) is 38.7 Å². The molecular formula is C17H24FNOS. The van der Waals surface area contributed by atoms with Crippen LogP contribution in [0.25, 0.3) is 0 Å². The molecule has 0 spiro atoms. The van der Waals surface area contributed by atoms with E-state index < -0.39 is 0 Å². The summed E-state index contributed by atoms with van der Waals surface area (Å²) in [4.78, 5) is 12.0. The number of carbonyl (C=O) groups excluding carboxylic acids is 1. The van der Waals surface area contributed by atoms with Gasteiger partial charge in [0.25, 0.3) is 0 Å². The number of nitrogens with one attached hydrogen (secondary N) is 1. The molecule has 0 saturated heterocycles. The molecule has 2 rings (SSSR count). The van der Waals surface area contributed by atoms with E-state index in [1.807, 2.05) is 6.07 Å². The second kappa shape index (κ2) is 7.83. The number of benzene rings is 1. The quantitative estimate of drug-likeness (QED) is 0.890. The Labute approximate surface area is 130 Å². The van der Waals surface area contributed by atoms with Crippen LogP contribution in [0, 0.1) is 17.7 Å². The summed E-state index contributed by atoms with van der Waals surface area (Å²) in [6.45, 7) is 4.50. The van der Waals surface area contributed by atoms with Gasteiger partial charge in [-0.05, 0) is 36.0 Å². The van der Waals surface area contributed by atoms with Gasteiger partial charge in [-0.25, -0.2) is 4.39 Å². The average molecular weight is 309 g/mol. The predicted octanol–water partition coefficient (Wildman–Crippen LogP) is 4.00. The lowest BCUT2D eigenvalue weighted by Gasteiger charge is -2.34. The Bertz CT molecular complexity index is 480. The van der Waals surface area contributed by atoms with Gasteiger partial charge in [0.1, 0.15) is 5.82 Å². The van der Waals surface area contributed by atoms with Crippen LogP contribution < -0.4 is 5.32 Å². The summed E-state index contributed by atoms with van der Waals surface area (Å²) >= 11 is 1.54. The predicted molar refractivity (Wildman–Crippen MR) is 86.7 cm³/mol. The number of thioether (sulfide) groups is 1. The van der Waals surface area contributed by atoms with E-state index in [0.717, 1.165) is 12.0 Å². The second-order valence-electron chi connectivity index (χ2n) is 6.06. The maximum atomic E-state index is 13.1. The van der Waals surface area contributed by atoms with Crippen LogP contribution in [0.3, 0.4) is 0 Å². The minimum absolute atomic E-state index is 0.0994. The van der Waals surface area contributed by atoms with Crippen molar-refractivity contribution in [3.63, 3.8) is 0 Å². The van der Waals surface area contributed by atoms with Crippen LogP contribution in [-0.2, 0) is 10.5 Å². The normalized spacial score (nSPS) is 25.6. The lowest BCUT2D eigenvalue weighted by atomic mass is 9.78. The van der Waals surface area contributed by atoms with E-state index in [0.29, 0.717) is 29.4 Å². The fraction of sp³-hybridized carbons (Fsp3) is 0.588. The summed E-state index contributed by atoms with van der Waals surface area (Å²) in [6, 6.07) is 6.87. The highest BCUT2D eigenvalue weighted by Gasteiger charge is 2.27. The molecule has 1 aromatic carbocycles. The minimum atomic E-state index is -0.220. The lowest BCUT2D eigenvalue weighted by molar-refractivity contribution is -0.119. The molecule has 1 aliphatic carbocycles. The first kappa shape index (κ1) is 16.3. The van der Waals surface area contributed by atoms with E-state index in [9.17, 15) is 9.18 Å². The van der Waals surface area contributed by atoms with E-state index in [1.54, 1.807) is 6.07 Å². The average Bonchev–Trinajstić information content (AvgIpc) is 2.44. The molecule has 0 aromatic heterocycles. The maximum absolute atomic E-state index is 13.1. The van der Waals surface area contributed by atoms with Gasteiger partial charge in [0.05, 0.1) is 5.75 Å². The molecule has 4 heteroatoms. The highest BCUT2D eigenvalue weighted by molar-refractivity contribution is 7.99. The summed E-state index contributed by atoms with van der Waals surface area (Å²) in [6.07, 6.45) is 3.56. The Kier molecular flexibility index (Phi) is 6.09. The molecule has 21 heavy (non-hydrogen) atoms. The molecule has 1 aromatic rings. The number of carbonyl (C=O) groups is 1. The van der Waals surface area contributed by atoms with Crippen molar-refractivity contribution in [2.45, 2.75) is 44.9 Å². The largest absolute Gasteiger partial charge is 0.352 e. The Morgan fingerprint density at radius 1 is 1.38 bits per heavy atom. The van der Waals surface area contributed by atoms with Crippen molar-refractivity contribution >= 4 is 17.7 Å². The third kappa shape index (κ3) is 5.03. The van der Waals surface area contributed by atoms with Gasteiger partial charge in [0, 0.05) is 11.8 Å². The number of rotatable bonds is 5. The first-order chi connectivity index (χ1) is 10.1. The van der Waals surface area contributed by atoms with Crippen LogP contribution in [0.15, 0.2) is 24.3 Å². The Balaban J connectivity index is 1.72. The second-order valence-corrected chi connectivity index (χ2v) is 7.05. The molecule has 116 valence electrons. The summed E-state index contributed by atoms with van der Waals surface area (Å²) in [5.74, 6) is 2.22. The number of hydrogen-bond donors (Lipinski definition) is 1. The van der Waals surface area contributed by atoms with Gasteiger partial charge in [-0.15, -0.1) is 11.8 Å². The molecule has 1 aliphatic rings. The van der Waals surface area contributed by atoms with Crippen molar-refractivity contribution in [1.82, 2.24) is 5.32 Å². The number of hydrogen-bond acceptors (Lipinski definition) is 2. The zero-order valence-corrected chi connectivity index (χ0v) is 13.6. The molecule has 0 radical (unpaired) electrons. The molecule has 2 nitrogen and oxygen atoms in total. The van der Waals surface area contributed by atoms with Gasteiger partial charge in [0.15, 0.2) is 0 Å². The van der Waals surface area contributed by atoms with Gasteiger partial charge < -0.3 is 5.32 Å². The maximum Gasteiger partial charge on any atom is 0.230 e. The summed E-state index contributed by atoms with van der Waals surface area (Å²) in [5.41, 5.74) is 0.924. The SMILES string of the molecule is CC1CCCC(NC(=O)CSCc2cccc(F)c2)C1C. The molecule has 3 atom stereocenters. The van der Waals surface area contributed by atoms with E-state index in [-0.39, 0.29) is 11.7 Å². The third-order valence-electron chi connectivity index (χ3n) is 4.44. The molecular weight excluding hydrogens is 285 g/mol. The van der Waals surface area contributed by atoms with Gasteiger partial charge in [0.2, 0.25) is 5.91 Å². The highest BCUT2D eigenvalue weighted by atomic mass is 32.2. The summed E-state index contributed by atoms with van der Waals surface area (Å²) in [5, 5.41) is 3.16. The molecule has 1 amide bonds. The summed E-state index contributed by atoms with van der Waals surface area (Å²) in [7, 11) is 0. The molecule has 0 bridgehead atoms. The molecule has 1 saturated carbocycles. The summed E-state index contributed by atoms with van der Waals surface area (Å²) < 4.78 is 13.1.